The van der Waals surface area contributed by atoms with E-state index in [9.17, 15) is 10.1 Å². The Balaban J connectivity index is 1.30. The van der Waals surface area contributed by atoms with Gasteiger partial charge in [0.2, 0.25) is 5.91 Å². The number of carbonyl (C=O) groups excluding carboxylic acids is 1. The van der Waals surface area contributed by atoms with Gasteiger partial charge in [-0.2, -0.15) is 10.5 Å². The maximum absolute atomic E-state index is 13.1. The van der Waals surface area contributed by atoms with E-state index >= 15 is 0 Å². The first-order valence-electron chi connectivity index (χ1n) is 14.7. The summed E-state index contributed by atoms with van der Waals surface area (Å²) in [6.45, 7) is 2.26. The standard InChI is InChI=1S/C35H29ClN6O4/c36-29-14-26(4-5-32(29)45-20-24-3-1-2-23(12-24)17-37)41-35-25(18-38)19-40-30-16-33(46-27-8-11-44-21-27)31(15-28(30)35)42-34(43)13-22-6-9-39-10-7-22/h1-5,8,11-16,19,27,39H,6-7,9-10,20-21H2,(H,40,41)(H,42,43). The van der Waals surface area contributed by atoms with E-state index in [1.54, 1.807) is 66.9 Å². The number of amides is 1. The highest BCUT2D eigenvalue weighted by molar-refractivity contribution is 6.32. The zero-order valence-corrected chi connectivity index (χ0v) is 25.4. The van der Waals surface area contributed by atoms with Crippen molar-refractivity contribution in [1.29, 1.82) is 10.5 Å². The minimum atomic E-state index is -0.329. The summed E-state index contributed by atoms with van der Waals surface area (Å²) < 4.78 is 17.4. The molecule has 1 atom stereocenters. The lowest BCUT2D eigenvalue weighted by Gasteiger charge is -2.19. The van der Waals surface area contributed by atoms with Crippen molar-refractivity contribution >= 4 is 45.5 Å². The molecule has 1 aromatic heterocycles. The van der Waals surface area contributed by atoms with E-state index in [4.69, 9.17) is 31.1 Å². The molecule has 3 heterocycles. The Kier molecular flexibility index (Phi) is 9.30. The lowest BCUT2D eigenvalue weighted by Crippen LogP contribution is -2.24. The largest absolute Gasteiger partial charge is 0.497 e. The Morgan fingerprint density at radius 3 is 2.74 bits per heavy atom. The summed E-state index contributed by atoms with van der Waals surface area (Å²) in [7, 11) is 0. The zero-order chi connectivity index (χ0) is 31.9. The summed E-state index contributed by atoms with van der Waals surface area (Å²) in [5.41, 5.74) is 4.86. The zero-order valence-electron chi connectivity index (χ0n) is 24.7. The minimum absolute atomic E-state index is 0.241. The van der Waals surface area contributed by atoms with Crippen LogP contribution in [0, 0.1) is 22.7 Å². The lowest BCUT2D eigenvalue weighted by atomic mass is 10.0. The van der Waals surface area contributed by atoms with Crippen LogP contribution in [0.3, 0.4) is 0 Å². The van der Waals surface area contributed by atoms with Crippen LogP contribution >= 0.6 is 11.6 Å². The van der Waals surface area contributed by atoms with Crippen LogP contribution in [-0.4, -0.2) is 36.7 Å². The van der Waals surface area contributed by atoms with Gasteiger partial charge in [0, 0.05) is 29.4 Å². The predicted octanol–water partition coefficient (Wildman–Crippen LogP) is 6.49. The van der Waals surface area contributed by atoms with Crippen LogP contribution in [0.1, 0.15) is 29.5 Å². The van der Waals surface area contributed by atoms with E-state index in [-0.39, 0.29) is 18.6 Å². The number of benzene rings is 3. The molecule has 0 saturated carbocycles. The normalized spacial score (nSPS) is 15.4. The van der Waals surface area contributed by atoms with E-state index in [2.05, 4.69) is 33.1 Å². The van der Waals surface area contributed by atoms with Crippen molar-refractivity contribution in [3.05, 3.63) is 106 Å². The van der Waals surface area contributed by atoms with Crippen LogP contribution < -0.4 is 25.4 Å². The van der Waals surface area contributed by atoms with Gasteiger partial charge in [0.25, 0.3) is 0 Å². The van der Waals surface area contributed by atoms with Crippen molar-refractivity contribution < 1.29 is 19.0 Å². The Hall–Kier alpha value is -5.55. The Morgan fingerprint density at radius 1 is 1.11 bits per heavy atom. The predicted molar refractivity (Wildman–Crippen MR) is 175 cm³/mol. The summed E-state index contributed by atoms with van der Waals surface area (Å²) in [5.74, 6) is 0.631. The molecule has 3 aromatic carbocycles. The number of aromatic nitrogens is 1. The molecule has 1 amide bonds. The number of halogens is 1. The van der Waals surface area contributed by atoms with Crippen LogP contribution in [0.4, 0.5) is 17.1 Å². The third kappa shape index (κ3) is 7.22. The Bertz CT molecular complexity index is 1940. The fraction of sp³-hybridized carbons (Fsp3) is 0.200. The molecule has 230 valence electrons. The van der Waals surface area contributed by atoms with Gasteiger partial charge < -0.3 is 30.2 Å². The van der Waals surface area contributed by atoms with E-state index in [1.807, 2.05) is 6.07 Å². The van der Waals surface area contributed by atoms with Crippen LogP contribution in [0.2, 0.25) is 5.02 Å². The summed E-state index contributed by atoms with van der Waals surface area (Å²) in [5, 5.41) is 29.7. The number of anilines is 3. The molecule has 10 nitrogen and oxygen atoms in total. The number of piperidine rings is 1. The van der Waals surface area contributed by atoms with Crippen LogP contribution in [0.25, 0.3) is 10.9 Å². The SMILES string of the molecule is N#Cc1cccc(COc2ccc(Nc3c(C#N)cnc4cc(OC5C=COC5)c(NC(=O)C=C5CCNCC5)cc34)cc2Cl)c1. The number of nitriles is 2. The second kappa shape index (κ2) is 14.0. The van der Waals surface area contributed by atoms with Crippen molar-refractivity contribution in [2.45, 2.75) is 25.6 Å². The number of hydrogen-bond donors (Lipinski definition) is 3. The highest BCUT2D eigenvalue weighted by atomic mass is 35.5. The fourth-order valence-corrected chi connectivity index (χ4v) is 5.43. The fourth-order valence-electron chi connectivity index (χ4n) is 5.20. The topological polar surface area (TPSA) is 141 Å². The van der Waals surface area contributed by atoms with Crippen LogP contribution in [0.5, 0.6) is 11.5 Å². The number of carbonyl (C=O) groups is 1. The van der Waals surface area contributed by atoms with E-state index in [1.165, 1.54) is 6.20 Å². The molecular weight excluding hydrogens is 604 g/mol. The first-order valence-corrected chi connectivity index (χ1v) is 15.1. The molecule has 46 heavy (non-hydrogen) atoms. The van der Waals surface area contributed by atoms with E-state index in [0.717, 1.165) is 37.1 Å². The highest BCUT2D eigenvalue weighted by Crippen LogP contribution is 2.38. The number of pyridine rings is 1. The van der Waals surface area contributed by atoms with Gasteiger partial charge in [-0.05, 0) is 74.0 Å². The Morgan fingerprint density at radius 2 is 1.98 bits per heavy atom. The van der Waals surface area contributed by atoms with Crippen molar-refractivity contribution in [2.24, 2.45) is 0 Å². The minimum Gasteiger partial charge on any atom is -0.497 e. The third-order valence-electron chi connectivity index (χ3n) is 7.51. The maximum atomic E-state index is 13.1. The average molecular weight is 633 g/mol. The molecule has 4 aromatic rings. The van der Waals surface area contributed by atoms with Gasteiger partial charge >= 0.3 is 0 Å². The van der Waals surface area contributed by atoms with Gasteiger partial charge in [-0.3, -0.25) is 9.78 Å². The Labute approximate surface area is 270 Å². The highest BCUT2D eigenvalue weighted by Gasteiger charge is 2.20. The number of ether oxygens (including phenoxy) is 3. The number of nitrogens with one attached hydrogen (secondary N) is 3. The second-order valence-electron chi connectivity index (χ2n) is 10.8. The molecule has 1 fully saturated rings. The lowest BCUT2D eigenvalue weighted by molar-refractivity contribution is -0.112. The van der Waals surface area contributed by atoms with Crippen molar-refractivity contribution in [3.8, 4) is 23.6 Å². The molecule has 0 radical (unpaired) electrons. The summed E-state index contributed by atoms with van der Waals surface area (Å²) in [6, 6.07) is 20.2. The summed E-state index contributed by atoms with van der Waals surface area (Å²) in [4.78, 5) is 17.6. The number of rotatable bonds is 9. The number of nitrogens with zero attached hydrogens (tertiary/aromatic N) is 3. The molecule has 0 spiro atoms. The molecule has 2 aliphatic heterocycles. The monoisotopic (exact) mass is 632 g/mol. The molecule has 2 aliphatic rings. The number of hydrogen-bond acceptors (Lipinski definition) is 9. The smallest absolute Gasteiger partial charge is 0.248 e. The molecule has 1 saturated heterocycles. The first-order chi connectivity index (χ1) is 22.5. The summed E-state index contributed by atoms with van der Waals surface area (Å²) >= 11 is 6.59. The second-order valence-corrected chi connectivity index (χ2v) is 11.2. The molecule has 3 N–H and O–H groups in total. The first kappa shape index (κ1) is 30.5. The van der Waals surface area contributed by atoms with Gasteiger partial charge in [0.15, 0.2) is 6.10 Å². The van der Waals surface area contributed by atoms with Gasteiger partial charge in [-0.1, -0.05) is 29.3 Å². The van der Waals surface area contributed by atoms with Gasteiger partial charge in [0.1, 0.15) is 30.8 Å². The van der Waals surface area contributed by atoms with Crippen LogP contribution in [0.15, 0.2) is 84.8 Å². The van der Waals surface area contributed by atoms with Crippen molar-refractivity contribution in [1.82, 2.24) is 10.3 Å². The summed E-state index contributed by atoms with van der Waals surface area (Å²) in [6.07, 6.45) is 7.80. The van der Waals surface area contributed by atoms with E-state index in [0.29, 0.717) is 62.2 Å². The molecule has 0 bridgehead atoms. The van der Waals surface area contributed by atoms with Crippen molar-refractivity contribution in [2.75, 3.05) is 30.3 Å². The van der Waals surface area contributed by atoms with Gasteiger partial charge in [0.05, 0.1) is 45.4 Å². The quantitative estimate of drug-likeness (QED) is 0.176. The number of fused-ring (bicyclic) bond motifs is 1. The molecule has 1 unspecified atom stereocenters. The van der Waals surface area contributed by atoms with Crippen molar-refractivity contribution in [3.63, 3.8) is 0 Å². The molecule has 6 rings (SSSR count). The third-order valence-corrected chi connectivity index (χ3v) is 7.80. The molecular formula is C35H29ClN6O4. The van der Waals surface area contributed by atoms with Crippen LogP contribution in [-0.2, 0) is 16.1 Å². The molecule has 11 heteroatoms. The van der Waals surface area contributed by atoms with E-state index < -0.39 is 0 Å². The van der Waals surface area contributed by atoms with Gasteiger partial charge in [-0.15, -0.1) is 0 Å². The molecule has 0 aliphatic carbocycles. The maximum Gasteiger partial charge on any atom is 0.248 e. The van der Waals surface area contributed by atoms with Gasteiger partial charge in [-0.25, -0.2) is 0 Å². The average Bonchev–Trinajstić information content (AvgIpc) is 3.59.